The summed E-state index contributed by atoms with van der Waals surface area (Å²) in [7, 11) is -4.50. The van der Waals surface area contributed by atoms with Gasteiger partial charge in [0.1, 0.15) is 5.69 Å². The summed E-state index contributed by atoms with van der Waals surface area (Å²) >= 11 is 1.54. The Morgan fingerprint density at radius 2 is 1.63 bits per heavy atom. The van der Waals surface area contributed by atoms with Crippen LogP contribution in [0, 0.1) is 10.1 Å². The molecule has 2 amide bonds. The fourth-order valence-electron chi connectivity index (χ4n) is 3.97. The molecule has 0 aliphatic rings. The minimum absolute atomic E-state index is 0.0928. The Kier molecular flexibility index (Phi) is 10.8. The van der Waals surface area contributed by atoms with Gasteiger partial charge in [0, 0.05) is 40.6 Å². The van der Waals surface area contributed by atoms with E-state index in [9.17, 15) is 41.3 Å². The summed E-state index contributed by atoms with van der Waals surface area (Å²) < 4.78 is 66.3. The number of hydrogen-bond acceptors (Lipinski definition) is 8. The van der Waals surface area contributed by atoms with Crippen molar-refractivity contribution in [1.29, 1.82) is 0 Å². The van der Waals surface area contributed by atoms with Crippen molar-refractivity contribution in [2.45, 2.75) is 16.0 Å². The standard InChI is InChI=1S/C31H25F3N4O6S2/c32-31(33,34)23-6-4-5-21(19-23)9-16-29(39)36-24-12-10-22(11-13-24)30(40)37-46(43,44)26-14-15-27(28(20-26)38(41)42)35-17-18-45-25-7-2-1-3-8-25/h1-16,19-20,35H,17-18H2,(H,36,39)(H,37,40). The summed E-state index contributed by atoms with van der Waals surface area (Å²) in [4.78, 5) is 36.4. The van der Waals surface area contributed by atoms with Crippen LogP contribution in [-0.4, -0.2) is 37.5 Å². The topological polar surface area (TPSA) is 148 Å². The summed E-state index contributed by atoms with van der Waals surface area (Å²) in [5.41, 5.74) is -0.938. The number of anilines is 2. The fraction of sp³-hybridized carbons (Fsp3) is 0.0968. The van der Waals surface area contributed by atoms with E-state index in [-0.39, 0.29) is 22.5 Å². The zero-order valence-electron chi connectivity index (χ0n) is 23.7. The molecule has 0 aromatic heterocycles. The number of halogens is 3. The van der Waals surface area contributed by atoms with Crippen molar-refractivity contribution in [2.24, 2.45) is 0 Å². The monoisotopic (exact) mass is 670 g/mol. The average molecular weight is 671 g/mol. The first kappa shape index (κ1) is 33.7. The number of benzene rings is 4. The molecule has 0 atom stereocenters. The van der Waals surface area contributed by atoms with E-state index in [1.165, 1.54) is 48.5 Å². The first-order valence-corrected chi connectivity index (χ1v) is 15.8. The van der Waals surface area contributed by atoms with Crippen molar-refractivity contribution in [3.8, 4) is 0 Å². The lowest BCUT2D eigenvalue weighted by Crippen LogP contribution is -2.30. The van der Waals surface area contributed by atoms with Gasteiger partial charge in [-0.05, 0) is 72.3 Å². The molecule has 46 heavy (non-hydrogen) atoms. The third-order valence-corrected chi connectivity index (χ3v) is 8.53. The lowest BCUT2D eigenvalue weighted by atomic mass is 10.1. The molecule has 0 bridgehead atoms. The largest absolute Gasteiger partial charge is 0.416 e. The van der Waals surface area contributed by atoms with Gasteiger partial charge >= 0.3 is 6.18 Å². The van der Waals surface area contributed by atoms with Crippen molar-refractivity contribution in [3.63, 3.8) is 0 Å². The minimum Gasteiger partial charge on any atom is -0.379 e. The lowest BCUT2D eigenvalue weighted by Gasteiger charge is -2.11. The molecule has 0 aliphatic heterocycles. The Hall–Kier alpha value is -5.15. The normalized spacial score (nSPS) is 11.6. The molecule has 4 rings (SSSR count). The number of nitro groups is 1. The van der Waals surface area contributed by atoms with Crippen LogP contribution in [-0.2, 0) is 21.0 Å². The second-order valence-corrected chi connectivity index (χ2v) is 12.3. The minimum atomic E-state index is -4.53. The molecule has 0 radical (unpaired) electrons. The van der Waals surface area contributed by atoms with Gasteiger partial charge in [-0.25, -0.2) is 13.1 Å². The van der Waals surface area contributed by atoms with E-state index in [2.05, 4.69) is 10.6 Å². The van der Waals surface area contributed by atoms with Crippen LogP contribution in [0.15, 0.2) is 113 Å². The van der Waals surface area contributed by atoms with E-state index in [1.54, 1.807) is 11.8 Å². The lowest BCUT2D eigenvalue weighted by molar-refractivity contribution is -0.384. The van der Waals surface area contributed by atoms with Gasteiger partial charge in [0.2, 0.25) is 5.91 Å². The number of alkyl halides is 3. The molecule has 0 spiro atoms. The Labute approximate surface area is 265 Å². The van der Waals surface area contributed by atoms with Gasteiger partial charge in [0.25, 0.3) is 21.6 Å². The second kappa shape index (κ2) is 14.8. The van der Waals surface area contributed by atoms with E-state index in [1.807, 2.05) is 35.1 Å². The zero-order valence-corrected chi connectivity index (χ0v) is 25.3. The van der Waals surface area contributed by atoms with Gasteiger partial charge in [-0.15, -0.1) is 11.8 Å². The maximum atomic E-state index is 12.9. The predicted molar refractivity (Wildman–Crippen MR) is 169 cm³/mol. The molecule has 0 saturated heterocycles. The summed E-state index contributed by atoms with van der Waals surface area (Å²) in [5.74, 6) is -1.09. The Morgan fingerprint density at radius 3 is 2.30 bits per heavy atom. The van der Waals surface area contributed by atoms with Gasteiger partial charge in [0.15, 0.2) is 0 Å². The average Bonchev–Trinajstić information content (AvgIpc) is 3.02. The summed E-state index contributed by atoms with van der Waals surface area (Å²) in [6.07, 6.45) is -2.29. The van der Waals surface area contributed by atoms with Gasteiger partial charge in [-0.2, -0.15) is 13.2 Å². The first-order valence-electron chi connectivity index (χ1n) is 13.4. The highest BCUT2D eigenvalue weighted by Gasteiger charge is 2.30. The quantitative estimate of drug-likeness (QED) is 0.0503. The van der Waals surface area contributed by atoms with Crippen LogP contribution >= 0.6 is 11.8 Å². The number of rotatable bonds is 12. The number of sulfonamides is 1. The van der Waals surface area contributed by atoms with E-state index < -0.39 is 49.1 Å². The fourth-order valence-corrected chi connectivity index (χ4v) is 5.75. The molecule has 0 aliphatic carbocycles. The molecular weight excluding hydrogens is 645 g/mol. The van der Waals surface area contributed by atoms with E-state index >= 15 is 0 Å². The third kappa shape index (κ3) is 9.42. The molecule has 3 N–H and O–H groups in total. The van der Waals surface area contributed by atoms with Crippen molar-refractivity contribution in [2.75, 3.05) is 22.9 Å². The van der Waals surface area contributed by atoms with Crippen LogP contribution in [0.2, 0.25) is 0 Å². The van der Waals surface area contributed by atoms with Crippen LogP contribution < -0.4 is 15.4 Å². The molecule has 15 heteroatoms. The summed E-state index contributed by atoms with van der Waals surface area (Å²) in [6, 6.07) is 22.3. The number of nitrogens with one attached hydrogen (secondary N) is 3. The number of carbonyl (C=O) groups excluding carboxylic acids is 2. The zero-order chi connectivity index (χ0) is 33.3. The second-order valence-electron chi connectivity index (χ2n) is 9.48. The number of nitrogens with zero attached hydrogens (tertiary/aromatic N) is 1. The van der Waals surface area contributed by atoms with Gasteiger partial charge in [0.05, 0.1) is 15.4 Å². The van der Waals surface area contributed by atoms with Crippen LogP contribution in [0.4, 0.5) is 30.2 Å². The number of amides is 2. The molecule has 0 fully saturated rings. The Balaban J connectivity index is 1.35. The van der Waals surface area contributed by atoms with Crippen LogP contribution in [0.5, 0.6) is 0 Å². The molecule has 0 heterocycles. The Bertz CT molecular complexity index is 1870. The van der Waals surface area contributed by atoms with Crippen molar-refractivity contribution >= 4 is 56.7 Å². The van der Waals surface area contributed by atoms with Crippen LogP contribution in [0.1, 0.15) is 21.5 Å². The molecular formula is C31H25F3N4O6S2. The van der Waals surface area contributed by atoms with E-state index in [0.29, 0.717) is 12.3 Å². The van der Waals surface area contributed by atoms with Gasteiger partial charge in [-0.3, -0.25) is 19.7 Å². The number of hydrogen-bond donors (Lipinski definition) is 3. The molecule has 0 unspecified atom stereocenters. The molecule has 4 aromatic carbocycles. The smallest absolute Gasteiger partial charge is 0.379 e. The highest BCUT2D eigenvalue weighted by molar-refractivity contribution is 7.99. The Morgan fingerprint density at radius 1 is 0.913 bits per heavy atom. The van der Waals surface area contributed by atoms with E-state index in [4.69, 9.17) is 0 Å². The molecule has 10 nitrogen and oxygen atoms in total. The molecule has 0 saturated carbocycles. The number of nitro benzene ring substituents is 1. The van der Waals surface area contributed by atoms with Crippen LogP contribution in [0.3, 0.4) is 0 Å². The highest BCUT2D eigenvalue weighted by Crippen LogP contribution is 2.30. The number of thioether (sulfide) groups is 1. The first-order chi connectivity index (χ1) is 21.8. The molecule has 4 aromatic rings. The maximum absolute atomic E-state index is 12.9. The van der Waals surface area contributed by atoms with Crippen molar-refractivity contribution in [3.05, 3.63) is 130 Å². The van der Waals surface area contributed by atoms with Crippen molar-refractivity contribution in [1.82, 2.24) is 4.72 Å². The van der Waals surface area contributed by atoms with Crippen LogP contribution in [0.25, 0.3) is 6.08 Å². The van der Waals surface area contributed by atoms with Gasteiger partial charge < -0.3 is 10.6 Å². The predicted octanol–water partition coefficient (Wildman–Crippen LogP) is 6.59. The number of carbonyl (C=O) groups is 2. The highest BCUT2D eigenvalue weighted by atomic mass is 32.2. The van der Waals surface area contributed by atoms with E-state index in [0.717, 1.165) is 35.2 Å². The third-order valence-electron chi connectivity index (χ3n) is 6.19. The van der Waals surface area contributed by atoms with Gasteiger partial charge in [-0.1, -0.05) is 30.3 Å². The summed E-state index contributed by atoms with van der Waals surface area (Å²) in [5, 5.41) is 17.1. The summed E-state index contributed by atoms with van der Waals surface area (Å²) in [6.45, 7) is 0.367. The molecule has 238 valence electrons. The SMILES string of the molecule is O=C(C=Cc1cccc(C(F)(F)F)c1)Nc1ccc(C(=O)NS(=O)(=O)c2ccc(NCCSc3ccccc3)c([N+](=O)[O-])c2)cc1. The maximum Gasteiger partial charge on any atom is 0.416 e. The van der Waals surface area contributed by atoms with Crippen molar-refractivity contribution < 1.29 is 36.1 Å².